The van der Waals surface area contributed by atoms with E-state index in [1.165, 1.54) is 31.2 Å². The van der Waals surface area contributed by atoms with Gasteiger partial charge in [0, 0.05) is 30.8 Å². The van der Waals surface area contributed by atoms with Crippen molar-refractivity contribution in [1.29, 1.82) is 0 Å². The molecule has 2 aromatic rings. The number of rotatable bonds is 11. The van der Waals surface area contributed by atoms with Crippen LogP contribution in [-0.2, 0) is 25.2 Å². The highest BCUT2D eigenvalue weighted by atomic mass is 35.5. The van der Waals surface area contributed by atoms with Crippen molar-refractivity contribution in [3.05, 3.63) is 52.7 Å². The molecule has 12 heteroatoms. The van der Waals surface area contributed by atoms with Gasteiger partial charge in [0.2, 0.25) is 5.88 Å². The van der Waals surface area contributed by atoms with Crippen LogP contribution in [0.1, 0.15) is 31.9 Å². The highest BCUT2D eigenvalue weighted by molar-refractivity contribution is 6.31. The Morgan fingerprint density at radius 2 is 1.91 bits per heavy atom. The van der Waals surface area contributed by atoms with E-state index in [-0.39, 0.29) is 42.3 Å². The molecule has 0 fully saturated rings. The second-order valence-electron chi connectivity index (χ2n) is 7.41. The zero-order valence-electron chi connectivity index (χ0n) is 19.0. The number of aromatic nitrogens is 1. The van der Waals surface area contributed by atoms with E-state index in [0.29, 0.717) is 12.3 Å². The molecule has 1 aromatic carbocycles. The Bertz CT molecular complexity index is 1070. The number of alkyl halides is 3. The molecule has 8 nitrogen and oxygen atoms in total. The van der Waals surface area contributed by atoms with Crippen LogP contribution < -0.4 is 9.47 Å². The summed E-state index contributed by atoms with van der Waals surface area (Å²) in [5.41, 5.74) is -0.796. The fourth-order valence-corrected chi connectivity index (χ4v) is 2.80. The summed E-state index contributed by atoms with van der Waals surface area (Å²) in [6.07, 6.45) is -2.82. The van der Waals surface area contributed by atoms with Crippen molar-refractivity contribution >= 4 is 29.6 Å². The number of esters is 1. The number of ether oxygens (including phenoxy) is 4. The van der Waals surface area contributed by atoms with Crippen LogP contribution in [0.2, 0.25) is 5.02 Å². The van der Waals surface area contributed by atoms with Crippen molar-refractivity contribution in [1.82, 2.24) is 4.98 Å². The first-order chi connectivity index (χ1) is 16.3. The van der Waals surface area contributed by atoms with E-state index < -0.39 is 34.8 Å². The number of hydrogen-bond donors (Lipinski definition) is 1. The van der Waals surface area contributed by atoms with Gasteiger partial charge in [-0.1, -0.05) is 11.6 Å². The lowest BCUT2D eigenvalue weighted by molar-refractivity contribution is -0.152. The van der Waals surface area contributed by atoms with Gasteiger partial charge in [0.15, 0.2) is 6.10 Å². The highest BCUT2D eigenvalue weighted by Crippen LogP contribution is 2.36. The fraction of sp³-hybridized carbons (Fsp3) is 0.348. The lowest BCUT2D eigenvalue weighted by Gasteiger charge is -2.19. The van der Waals surface area contributed by atoms with Crippen LogP contribution in [0, 0.1) is 0 Å². The van der Waals surface area contributed by atoms with Gasteiger partial charge in [-0.15, -0.1) is 0 Å². The summed E-state index contributed by atoms with van der Waals surface area (Å²) in [5, 5.41) is 8.52. The molecule has 0 bridgehead atoms. The number of pyridine rings is 1. The average molecular weight is 518 g/mol. The number of carbonyl (C=O) groups excluding carboxylic acids is 1. The van der Waals surface area contributed by atoms with E-state index in [1.807, 2.05) is 13.8 Å². The molecule has 0 aliphatic heterocycles. The topological polar surface area (TPSA) is 104 Å². The zero-order valence-corrected chi connectivity index (χ0v) is 19.7. The fourth-order valence-electron chi connectivity index (χ4n) is 2.59. The zero-order chi connectivity index (χ0) is 26.2. The van der Waals surface area contributed by atoms with E-state index in [4.69, 9.17) is 35.7 Å². The number of hydrogen-bond acceptors (Lipinski definition) is 7. The molecule has 35 heavy (non-hydrogen) atoms. The van der Waals surface area contributed by atoms with Crippen molar-refractivity contribution in [2.45, 2.75) is 39.2 Å². The normalized spacial score (nSPS) is 12.6. The van der Waals surface area contributed by atoms with Gasteiger partial charge in [-0.2, -0.15) is 13.2 Å². The van der Waals surface area contributed by atoms with Gasteiger partial charge in [-0.05, 0) is 38.1 Å². The third-order valence-corrected chi connectivity index (χ3v) is 4.39. The third kappa shape index (κ3) is 9.45. The molecule has 2 rings (SSSR count). The van der Waals surface area contributed by atoms with E-state index in [1.54, 1.807) is 0 Å². The van der Waals surface area contributed by atoms with Gasteiger partial charge in [-0.25, -0.2) is 9.78 Å². The first-order valence-corrected chi connectivity index (χ1v) is 10.6. The van der Waals surface area contributed by atoms with E-state index in [9.17, 15) is 22.8 Å². The van der Waals surface area contributed by atoms with Gasteiger partial charge >= 0.3 is 18.1 Å². The minimum atomic E-state index is -4.64. The molecule has 0 aliphatic rings. The van der Waals surface area contributed by atoms with Gasteiger partial charge in [0.05, 0.1) is 18.3 Å². The average Bonchev–Trinajstić information content (AvgIpc) is 2.75. The third-order valence-electron chi connectivity index (χ3n) is 4.12. The van der Waals surface area contributed by atoms with Crippen LogP contribution in [0.15, 0.2) is 36.5 Å². The Hall–Kier alpha value is -3.31. The summed E-state index contributed by atoms with van der Waals surface area (Å²) in [4.78, 5) is 25.9. The summed E-state index contributed by atoms with van der Waals surface area (Å²) < 4.78 is 60.6. The molecule has 0 spiro atoms. The number of nitrogens with zero attached hydrogens (tertiary/aromatic N) is 1. The summed E-state index contributed by atoms with van der Waals surface area (Å²) in [6.45, 7) is 4.90. The molecular formula is C23H23ClF3NO7. The maximum atomic E-state index is 12.9. The van der Waals surface area contributed by atoms with Crippen molar-refractivity contribution < 1.29 is 46.8 Å². The lowest BCUT2D eigenvalue weighted by Crippen LogP contribution is -2.30. The molecule has 0 radical (unpaired) electrons. The maximum absolute atomic E-state index is 12.9. The first-order valence-electron chi connectivity index (χ1n) is 10.2. The van der Waals surface area contributed by atoms with Gasteiger partial charge in [0.25, 0.3) is 0 Å². The highest BCUT2D eigenvalue weighted by Gasteiger charge is 2.32. The van der Waals surface area contributed by atoms with Crippen LogP contribution in [0.25, 0.3) is 6.08 Å². The molecule has 0 saturated carbocycles. The number of carbonyl (C=O) groups is 2. The Morgan fingerprint density at radius 1 is 1.20 bits per heavy atom. The Balaban J connectivity index is 2.30. The molecule has 1 aromatic heterocycles. The quantitative estimate of drug-likeness (QED) is 0.313. The van der Waals surface area contributed by atoms with Crippen molar-refractivity contribution in [3.8, 4) is 17.4 Å². The standard InChI is InChI=1S/C23H23ClF3NO7/c1-13(2)32-11-18(34-14(3)29)12-33-17-6-4-15(5-7-21(30)31)20(9-17)35-22-19(24)8-16(10-28-22)23(25,26)27/h4-10,13,18H,11-12H2,1-3H3,(H,30,31)/b7-5+. The van der Waals surface area contributed by atoms with E-state index in [0.717, 1.165) is 6.08 Å². The Labute approximate surface area is 204 Å². The molecule has 1 unspecified atom stereocenters. The minimum absolute atomic E-state index is 0.0108. The van der Waals surface area contributed by atoms with Crippen LogP contribution in [0.3, 0.4) is 0 Å². The second-order valence-corrected chi connectivity index (χ2v) is 7.81. The van der Waals surface area contributed by atoms with E-state index >= 15 is 0 Å². The summed E-state index contributed by atoms with van der Waals surface area (Å²) >= 11 is 5.92. The van der Waals surface area contributed by atoms with Gasteiger partial charge < -0.3 is 24.1 Å². The molecular weight excluding hydrogens is 495 g/mol. The Morgan fingerprint density at radius 3 is 2.49 bits per heavy atom. The molecule has 0 saturated heterocycles. The Kier molecular flexibility index (Phi) is 9.90. The number of carboxylic acid groups (broad SMARTS) is 1. The minimum Gasteiger partial charge on any atom is -0.489 e. The summed E-state index contributed by atoms with van der Waals surface area (Å²) in [6, 6.07) is 5.00. The number of benzene rings is 1. The van der Waals surface area contributed by atoms with Gasteiger partial charge in [-0.3, -0.25) is 4.79 Å². The molecule has 190 valence electrons. The molecule has 0 aliphatic carbocycles. The predicted molar refractivity (Wildman–Crippen MR) is 120 cm³/mol. The van der Waals surface area contributed by atoms with Crippen molar-refractivity contribution in [2.24, 2.45) is 0 Å². The van der Waals surface area contributed by atoms with Gasteiger partial charge in [0.1, 0.15) is 23.1 Å². The van der Waals surface area contributed by atoms with Crippen LogP contribution in [0.5, 0.6) is 17.4 Å². The number of halogens is 4. The first kappa shape index (κ1) is 27.9. The van der Waals surface area contributed by atoms with Crippen LogP contribution >= 0.6 is 11.6 Å². The summed E-state index contributed by atoms with van der Waals surface area (Å²) in [7, 11) is 0. The number of carboxylic acids is 1. The SMILES string of the molecule is CC(=O)OC(COc1ccc(/C=C/C(=O)O)c(Oc2ncc(C(F)(F)F)cc2Cl)c1)COC(C)C. The molecule has 1 heterocycles. The van der Waals surface area contributed by atoms with Crippen LogP contribution in [0.4, 0.5) is 13.2 Å². The largest absolute Gasteiger partial charge is 0.489 e. The molecule has 1 N–H and O–H groups in total. The monoisotopic (exact) mass is 517 g/mol. The predicted octanol–water partition coefficient (Wildman–Crippen LogP) is 5.38. The lowest BCUT2D eigenvalue weighted by atomic mass is 10.1. The second kappa shape index (κ2) is 12.4. The molecule has 0 amide bonds. The van der Waals surface area contributed by atoms with Crippen LogP contribution in [-0.4, -0.2) is 47.5 Å². The summed E-state index contributed by atoms with van der Waals surface area (Å²) in [5.74, 6) is -1.83. The maximum Gasteiger partial charge on any atom is 0.417 e. The van der Waals surface area contributed by atoms with Crippen molar-refractivity contribution in [2.75, 3.05) is 13.2 Å². The molecule has 1 atom stereocenters. The van der Waals surface area contributed by atoms with E-state index in [2.05, 4.69) is 4.98 Å². The number of aliphatic carboxylic acids is 1. The van der Waals surface area contributed by atoms with Crippen molar-refractivity contribution in [3.63, 3.8) is 0 Å². The smallest absolute Gasteiger partial charge is 0.417 e.